The predicted molar refractivity (Wildman–Crippen MR) is 68.8 cm³/mol. The van der Waals surface area contributed by atoms with Crippen LogP contribution in [0.2, 0.25) is 0 Å². The molecule has 15 heavy (non-hydrogen) atoms. The Balaban J connectivity index is 3.06. The summed E-state index contributed by atoms with van der Waals surface area (Å²) in [6, 6.07) is 6.23. The predicted octanol–water partition coefficient (Wildman–Crippen LogP) is 3.79. The van der Waals surface area contributed by atoms with Gasteiger partial charge < -0.3 is 5.11 Å². The molecule has 0 saturated heterocycles. The summed E-state index contributed by atoms with van der Waals surface area (Å²) in [4.78, 5) is 0. The van der Waals surface area contributed by atoms with Gasteiger partial charge in [-0.05, 0) is 35.6 Å². The van der Waals surface area contributed by atoms with Crippen molar-refractivity contribution in [3.63, 3.8) is 0 Å². The Morgan fingerprint density at radius 1 is 1.47 bits per heavy atom. The molecule has 0 atom stereocenters. The Bertz CT molecular complexity index is 367. The van der Waals surface area contributed by atoms with Crippen molar-refractivity contribution in [2.75, 3.05) is 6.61 Å². The first-order chi connectivity index (χ1) is 7.04. The molecule has 1 aromatic rings. The molecule has 0 spiro atoms. The van der Waals surface area contributed by atoms with E-state index < -0.39 is 0 Å². The van der Waals surface area contributed by atoms with E-state index in [-0.39, 0.29) is 6.61 Å². The lowest BCUT2D eigenvalue weighted by molar-refractivity contribution is 0.320. The number of hydrogen-bond acceptors (Lipinski definition) is 1. The Morgan fingerprint density at radius 2 is 2.13 bits per heavy atom. The van der Waals surface area contributed by atoms with Crippen molar-refractivity contribution in [2.45, 2.75) is 20.8 Å². The average Bonchev–Trinajstić information content (AvgIpc) is 2.16. The van der Waals surface area contributed by atoms with Crippen LogP contribution in [0.1, 0.15) is 25.0 Å². The van der Waals surface area contributed by atoms with Gasteiger partial charge in [-0.2, -0.15) is 0 Å². The van der Waals surface area contributed by atoms with E-state index in [2.05, 4.69) is 54.9 Å². The van der Waals surface area contributed by atoms with Gasteiger partial charge in [0.2, 0.25) is 0 Å². The van der Waals surface area contributed by atoms with Crippen LogP contribution in [0.4, 0.5) is 0 Å². The second-order valence-corrected chi connectivity index (χ2v) is 4.91. The van der Waals surface area contributed by atoms with Gasteiger partial charge in [0.1, 0.15) is 0 Å². The Kier molecular flexibility index (Phi) is 4.55. The third-order valence-electron chi connectivity index (χ3n) is 2.42. The van der Waals surface area contributed by atoms with Crippen molar-refractivity contribution >= 4 is 22.0 Å². The summed E-state index contributed by atoms with van der Waals surface area (Å²) in [5, 5.41) is 9.22. The molecule has 0 aliphatic carbocycles. The molecule has 1 N–H and O–H groups in total. The zero-order valence-corrected chi connectivity index (χ0v) is 11.0. The van der Waals surface area contributed by atoms with Crippen LogP contribution < -0.4 is 0 Å². The first-order valence-corrected chi connectivity index (χ1v) is 5.91. The molecule has 0 amide bonds. The molecule has 0 aliphatic rings. The molecule has 1 aromatic carbocycles. The van der Waals surface area contributed by atoms with E-state index in [1.807, 2.05) is 6.08 Å². The number of benzene rings is 1. The van der Waals surface area contributed by atoms with Crippen molar-refractivity contribution in [1.82, 2.24) is 0 Å². The Hall–Kier alpha value is -0.600. The molecule has 0 radical (unpaired) electrons. The number of aliphatic hydroxyl groups is 1. The van der Waals surface area contributed by atoms with Gasteiger partial charge in [-0.25, -0.2) is 0 Å². The van der Waals surface area contributed by atoms with E-state index in [1.165, 1.54) is 5.56 Å². The normalized spacial score (nSPS) is 12.3. The molecule has 0 bridgehead atoms. The lowest BCUT2D eigenvalue weighted by Crippen LogP contribution is -1.99. The first-order valence-electron chi connectivity index (χ1n) is 5.12. The standard InChI is InChI=1S/C13H17BrO/c1-9(2)12(8-15)7-11-5-4-10(3)6-13(11)14/h4-7,9,15H,8H2,1-3H3/b12-7+. The third kappa shape index (κ3) is 3.47. The minimum absolute atomic E-state index is 0.123. The molecule has 0 unspecified atom stereocenters. The molecule has 0 fully saturated rings. The summed E-state index contributed by atoms with van der Waals surface area (Å²) in [5.41, 5.74) is 3.41. The molecule has 1 rings (SSSR count). The zero-order chi connectivity index (χ0) is 11.4. The summed E-state index contributed by atoms with van der Waals surface area (Å²) in [5.74, 6) is 0.378. The number of aliphatic hydroxyl groups excluding tert-OH is 1. The maximum atomic E-state index is 9.22. The van der Waals surface area contributed by atoms with Crippen LogP contribution in [0, 0.1) is 12.8 Å². The topological polar surface area (TPSA) is 20.2 Å². The molecule has 0 saturated carbocycles. The summed E-state index contributed by atoms with van der Waals surface area (Å²) < 4.78 is 1.08. The van der Waals surface area contributed by atoms with E-state index in [0.717, 1.165) is 15.6 Å². The molecule has 1 nitrogen and oxygen atoms in total. The smallest absolute Gasteiger partial charge is 0.0647 e. The van der Waals surface area contributed by atoms with Gasteiger partial charge in [0.25, 0.3) is 0 Å². The minimum atomic E-state index is 0.123. The van der Waals surface area contributed by atoms with E-state index in [4.69, 9.17) is 0 Å². The van der Waals surface area contributed by atoms with Gasteiger partial charge in [0, 0.05) is 4.47 Å². The average molecular weight is 269 g/mol. The highest BCUT2D eigenvalue weighted by molar-refractivity contribution is 9.10. The number of hydrogen-bond donors (Lipinski definition) is 1. The molecule has 82 valence electrons. The van der Waals surface area contributed by atoms with Gasteiger partial charge in [0.15, 0.2) is 0 Å². The van der Waals surface area contributed by atoms with E-state index in [9.17, 15) is 5.11 Å². The van der Waals surface area contributed by atoms with Crippen molar-refractivity contribution in [2.24, 2.45) is 5.92 Å². The summed E-state index contributed by atoms with van der Waals surface area (Å²) in [6.45, 7) is 6.36. The molecular formula is C13H17BrO. The van der Waals surface area contributed by atoms with E-state index in [1.54, 1.807) is 0 Å². The molecule has 0 aromatic heterocycles. The second kappa shape index (κ2) is 5.47. The summed E-state index contributed by atoms with van der Waals surface area (Å²) in [7, 11) is 0. The van der Waals surface area contributed by atoms with Crippen molar-refractivity contribution in [3.8, 4) is 0 Å². The molecular weight excluding hydrogens is 252 g/mol. The van der Waals surface area contributed by atoms with Gasteiger partial charge in [-0.15, -0.1) is 0 Å². The van der Waals surface area contributed by atoms with Crippen LogP contribution in [0.3, 0.4) is 0 Å². The highest BCUT2D eigenvalue weighted by Crippen LogP contribution is 2.22. The highest BCUT2D eigenvalue weighted by Gasteiger charge is 2.03. The minimum Gasteiger partial charge on any atom is -0.392 e. The summed E-state index contributed by atoms with van der Waals surface area (Å²) >= 11 is 3.53. The van der Waals surface area contributed by atoms with Crippen LogP contribution in [-0.4, -0.2) is 11.7 Å². The first kappa shape index (κ1) is 12.5. The van der Waals surface area contributed by atoms with Gasteiger partial charge in [-0.1, -0.05) is 48.0 Å². The quantitative estimate of drug-likeness (QED) is 0.885. The zero-order valence-electron chi connectivity index (χ0n) is 9.42. The van der Waals surface area contributed by atoms with Crippen LogP contribution >= 0.6 is 15.9 Å². The van der Waals surface area contributed by atoms with Crippen LogP contribution in [-0.2, 0) is 0 Å². The molecule has 2 heteroatoms. The van der Waals surface area contributed by atoms with Crippen molar-refractivity contribution < 1.29 is 5.11 Å². The fourth-order valence-electron chi connectivity index (χ4n) is 1.34. The van der Waals surface area contributed by atoms with Gasteiger partial charge in [-0.3, -0.25) is 0 Å². The monoisotopic (exact) mass is 268 g/mol. The molecule has 0 aliphatic heterocycles. The van der Waals surface area contributed by atoms with Crippen LogP contribution in [0.15, 0.2) is 28.2 Å². The molecule has 0 heterocycles. The van der Waals surface area contributed by atoms with Crippen molar-refractivity contribution in [1.29, 1.82) is 0 Å². The second-order valence-electron chi connectivity index (χ2n) is 4.06. The Morgan fingerprint density at radius 3 is 2.60 bits per heavy atom. The van der Waals surface area contributed by atoms with E-state index in [0.29, 0.717) is 5.92 Å². The lowest BCUT2D eigenvalue weighted by Gasteiger charge is -2.09. The number of aryl methyl sites for hydroxylation is 1. The highest BCUT2D eigenvalue weighted by atomic mass is 79.9. The number of rotatable bonds is 3. The maximum Gasteiger partial charge on any atom is 0.0647 e. The fraction of sp³-hybridized carbons (Fsp3) is 0.385. The largest absolute Gasteiger partial charge is 0.392 e. The maximum absolute atomic E-state index is 9.22. The van der Waals surface area contributed by atoms with Gasteiger partial charge >= 0.3 is 0 Å². The van der Waals surface area contributed by atoms with Gasteiger partial charge in [0.05, 0.1) is 6.61 Å². The Labute approximate surface area is 100.0 Å². The van der Waals surface area contributed by atoms with Crippen LogP contribution in [0.25, 0.3) is 6.08 Å². The van der Waals surface area contributed by atoms with Crippen LogP contribution in [0.5, 0.6) is 0 Å². The SMILES string of the molecule is Cc1ccc(/C=C(\CO)C(C)C)c(Br)c1. The fourth-order valence-corrected chi connectivity index (χ4v) is 1.95. The third-order valence-corrected chi connectivity index (χ3v) is 3.11. The van der Waals surface area contributed by atoms with Crippen molar-refractivity contribution in [3.05, 3.63) is 39.4 Å². The summed E-state index contributed by atoms with van der Waals surface area (Å²) in [6.07, 6.45) is 2.05. The lowest BCUT2D eigenvalue weighted by atomic mass is 10.0. The number of halogens is 1. The van der Waals surface area contributed by atoms with E-state index >= 15 is 0 Å².